The van der Waals surface area contributed by atoms with E-state index >= 15 is 0 Å². The van der Waals surface area contributed by atoms with Gasteiger partial charge in [-0.1, -0.05) is 18.0 Å². The molecule has 7 nitrogen and oxygen atoms in total. The van der Waals surface area contributed by atoms with Crippen LogP contribution in [0.3, 0.4) is 0 Å². The molecular formula is C11H19N3O4. The number of nitrogens with zero attached hydrogens (tertiary/aromatic N) is 1. The predicted octanol–water partition coefficient (Wildman–Crippen LogP) is -0.423. The standard InChI is InChI=1S/C11H19N3O4/c12-10(14-16)11(3-1-2-4-11)13-9(15)8-7-17-5-6-18-8/h8,16H,1-7H2,(H2,12,14)(H,13,15). The molecule has 1 saturated carbocycles. The van der Waals surface area contributed by atoms with Gasteiger partial charge in [0.1, 0.15) is 5.54 Å². The van der Waals surface area contributed by atoms with E-state index in [9.17, 15) is 4.79 Å². The van der Waals surface area contributed by atoms with Crippen LogP contribution in [0.25, 0.3) is 0 Å². The molecule has 1 heterocycles. The Morgan fingerprint density at radius 2 is 2.11 bits per heavy atom. The summed E-state index contributed by atoms with van der Waals surface area (Å²) in [5.41, 5.74) is 4.97. The number of nitrogens with one attached hydrogen (secondary N) is 1. The largest absolute Gasteiger partial charge is 0.409 e. The second-order valence-corrected chi connectivity index (χ2v) is 4.70. The summed E-state index contributed by atoms with van der Waals surface area (Å²) in [7, 11) is 0. The molecule has 18 heavy (non-hydrogen) atoms. The highest BCUT2D eigenvalue weighted by Gasteiger charge is 2.41. The fourth-order valence-corrected chi connectivity index (χ4v) is 2.47. The van der Waals surface area contributed by atoms with Gasteiger partial charge >= 0.3 is 0 Å². The van der Waals surface area contributed by atoms with E-state index in [1.807, 2.05) is 0 Å². The zero-order valence-electron chi connectivity index (χ0n) is 10.2. The Labute approximate surface area is 105 Å². The summed E-state index contributed by atoms with van der Waals surface area (Å²) < 4.78 is 10.5. The van der Waals surface area contributed by atoms with Crippen LogP contribution in [0.4, 0.5) is 0 Å². The Bertz CT molecular complexity index is 333. The van der Waals surface area contributed by atoms with Gasteiger partial charge in [0.05, 0.1) is 19.8 Å². The van der Waals surface area contributed by atoms with Crippen molar-refractivity contribution in [3.63, 3.8) is 0 Å². The van der Waals surface area contributed by atoms with Crippen molar-refractivity contribution in [2.75, 3.05) is 19.8 Å². The predicted molar refractivity (Wildman–Crippen MR) is 63.3 cm³/mol. The molecule has 1 saturated heterocycles. The lowest BCUT2D eigenvalue weighted by Gasteiger charge is -2.31. The molecule has 0 spiro atoms. The molecule has 4 N–H and O–H groups in total. The second-order valence-electron chi connectivity index (χ2n) is 4.70. The number of ether oxygens (including phenoxy) is 2. The van der Waals surface area contributed by atoms with Crippen LogP contribution in [0.5, 0.6) is 0 Å². The molecular weight excluding hydrogens is 238 g/mol. The Morgan fingerprint density at radius 1 is 1.39 bits per heavy atom. The molecule has 1 aliphatic heterocycles. The van der Waals surface area contributed by atoms with Crippen molar-refractivity contribution in [3.05, 3.63) is 0 Å². The minimum absolute atomic E-state index is 0.0603. The van der Waals surface area contributed by atoms with Gasteiger partial charge in [0.2, 0.25) is 0 Å². The third-order valence-corrected chi connectivity index (χ3v) is 3.53. The van der Waals surface area contributed by atoms with Crippen LogP contribution < -0.4 is 11.1 Å². The van der Waals surface area contributed by atoms with Crippen molar-refractivity contribution < 1.29 is 19.5 Å². The third-order valence-electron chi connectivity index (χ3n) is 3.53. The number of hydrogen-bond donors (Lipinski definition) is 3. The van der Waals surface area contributed by atoms with Crippen LogP contribution >= 0.6 is 0 Å². The first-order valence-electron chi connectivity index (χ1n) is 6.17. The minimum Gasteiger partial charge on any atom is -0.409 e. The molecule has 2 rings (SSSR count). The fraction of sp³-hybridized carbons (Fsp3) is 0.818. The molecule has 0 aromatic heterocycles. The molecule has 0 aromatic rings. The van der Waals surface area contributed by atoms with E-state index in [-0.39, 0.29) is 18.3 Å². The van der Waals surface area contributed by atoms with E-state index in [2.05, 4.69) is 10.5 Å². The van der Waals surface area contributed by atoms with Crippen molar-refractivity contribution in [2.45, 2.75) is 37.3 Å². The number of carbonyl (C=O) groups excluding carboxylic acids is 1. The lowest BCUT2D eigenvalue weighted by molar-refractivity contribution is -0.148. The molecule has 1 atom stereocenters. The number of carbonyl (C=O) groups is 1. The summed E-state index contributed by atoms with van der Waals surface area (Å²) in [6.07, 6.45) is 2.64. The summed E-state index contributed by atoms with van der Waals surface area (Å²) in [5, 5.41) is 14.7. The molecule has 2 aliphatic rings. The number of hydrogen-bond acceptors (Lipinski definition) is 5. The maximum absolute atomic E-state index is 12.1. The van der Waals surface area contributed by atoms with Crippen molar-refractivity contribution in [1.82, 2.24) is 5.32 Å². The Kier molecular flexibility index (Phi) is 4.03. The van der Waals surface area contributed by atoms with Gasteiger partial charge in [-0.15, -0.1) is 0 Å². The van der Waals surface area contributed by atoms with E-state index in [1.54, 1.807) is 0 Å². The lowest BCUT2D eigenvalue weighted by Crippen LogP contribution is -2.59. The van der Waals surface area contributed by atoms with E-state index in [1.165, 1.54) is 0 Å². The maximum atomic E-state index is 12.1. The number of amidine groups is 1. The summed E-state index contributed by atoms with van der Waals surface area (Å²) in [4.78, 5) is 12.1. The number of rotatable bonds is 3. The molecule has 0 radical (unpaired) electrons. The van der Waals surface area contributed by atoms with Crippen LogP contribution in [0.1, 0.15) is 25.7 Å². The first kappa shape index (κ1) is 13.1. The lowest BCUT2D eigenvalue weighted by atomic mass is 9.95. The van der Waals surface area contributed by atoms with Crippen LogP contribution in [0, 0.1) is 0 Å². The van der Waals surface area contributed by atoms with Crippen LogP contribution in [0.2, 0.25) is 0 Å². The number of nitrogens with two attached hydrogens (primary N) is 1. The Morgan fingerprint density at radius 3 is 2.67 bits per heavy atom. The molecule has 102 valence electrons. The van der Waals surface area contributed by atoms with Gasteiger partial charge in [0.25, 0.3) is 5.91 Å². The highest BCUT2D eigenvalue weighted by molar-refractivity contribution is 5.95. The first-order valence-corrected chi connectivity index (χ1v) is 6.17. The van der Waals surface area contributed by atoms with Gasteiger partial charge in [0, 0.05) is 0 Å². The Balaban J connectivity index is 2.02. The third kappa shape index (κ3) is 2.56. The van der Waals surface area contributed by atoms with Crippen molar-refractivity contribution >= 4 is 11.7 Å². The summed E-state index contributed by atoms with van der Waals surface area (Å²) >= 11 is 0. The van der Waals surface area contributed by atoms with Crippen LogP contribution in [0.15, 0.2) is 5.16 Å². The molecule has 0 aromatic carbocycles. The van der Waals surface area contributed by atoms with Crippen molar-refractivity contribution in [2.24, 2.45) is 10.9 Å². The van der Waals surface area contributed by atoms with Gasteiger partial charge in [-0.2, -0.15) is 0 Å². The fourth-order valence-electron chi connectivity index (χ4n) is 2.47. The molecule has 1 amide bonds. The minimum atomic E-state index is -0.730. The zero-order valence-corrected chi connectivity index (χ0v) is 10.2. The van der Waals surface area contributed by atoms with Crippen LogP contribution in [-0.4, -0.2) is 48.4 Å². The zero-order chi connectivity index (χ0) is 13.0. The highest BCUT2D eigenvalue weighted by atomic mass is 16.6. The van der Waals surface area contributed by atoms with Crippen molar-refractivity contribution in [1.29, 1.82) is 0 Å². The number of amides is 1. The molecule has 7 heteroatoms. The average Bonchev–Trinajstić information content (AvgIpc) is 2.88. The van der Waals surface area contributed by atoms with Gasteiger partial charge in [0.15, 0.2) is 11.9 Å². The van der Waals surface area contributed by atoms with Gasteiger partial charge < -0.3 is 25.7 Å². The van der Waals surface area contributed by atoms with Crippen molar-refractivity contribution in [3.8, 4) is 0 Å². The van der Waals surface area contributed by atoms with Gasteiger partial charge in [-0.05, 0) is 12.8 Å². The van der Waals surface area contributed by atoms with Crippen LogP contribution in [-0.2, 0) is 14.3 Å². The van der Waals surface area contributed by atoms with Gasteiger partial charge in [-0.3, -0.25) is 4.79 Å². The van der Waals surface area contributed by atoms with E-state index < -0.39 is 11.6 Å². The molecule has 2 fully saturated rings. The second kappa shape index (κ2) is 5.53. The normalized spacial score (nSPS) is 28.0. The SMILES string of the molecule is NC(=NO)C1(NC(=O)C2COCCO2)CCCC1. The molecule has 1 unspecified atom stereocenters. The highest BCUT2D eigenvalue weighted by Crippen LogP contribution is 2.30. The summed E-state index contributed by atoms with van der Waals surface area (Å²) in [6.45, 7) is 1.17. The van der Waals surface area contributed by atoms with Gasteiger partial charge in [-0.25, -0.2) is 0 Å². The first-order chi connectivity index (χ1) is 8.68. The topological polar surface area (TPSA) is 106 Å². The summed E-state index contributed by atoms with van der Waals surface area (Å²) in [5.74, 6) is -0.201. The quantitative estimate of drug-likeness (QED) is 0.275. The molecule has 0 bridgehead atoms. The van der Waals surface area contributed by atoms with E-state index in [0.29, 0.717) is 26.1 Å². The average molecular weight is 257 g/mol. The number of oxime groups is 1. The van der Waals surface area contributed by atoms with E-state index in [0.717, 1.165) is 12.8 Å². The monoisotopic (exact) mass is 257 g/mol. The Hall–Kier alpha value is -1.34. The molecule has 1 aliphatic carbocycles. The smallest absolute Gasteiger partial charge is 0.252 e. The van der Waals surface area contributed by atoms with E-state index in [4.69, 9.17) is 20.4 Å². The summed E-state index contributed by atoms with van der Waals surface area (Å²) in [6, 6.07) is 0. The maximum Gasteiger partial charge on any atom is 0.252 e.